The van der Waals surface area contributed by atoms with Crippen molar-refractivity contribution in [2.45, 2.75) is 0 Å². The van der Waals surface area contributed by atoms with Crippen LogP contribution in [0.25, 0.3) is 0 Å². The summed E-state index contributed by atoms with van der Waals surface area (Å²) in [6.45, 7) is 0. The Morgan fingerprint density at radius 1 is 1.10 bits per heavy atom. The van der Waals surface area contributed by atoms with E-state index in [4.69, 9.17) is 4.74 Å². The Morgan fingerprint density at radius 3 is 2.40 bits per heavy atom. The summed E-state index contributed by atoms with van der Waals surface area (Å²) in [6, 6.07) is 13.1. The Balaban J connectivity index is 2.16. The van der Waals surface area contributed by atoms with Gasteiger partial charge in [0, 0.05) is 26.0 Å². The maximum atomic E-state index is 9.53. The molecule has 0 heterocycles. The Labute approximate surface area is 119 Å². The van der Waals surface area contributed by atoms with Gasteiger partial charge in [0.05, 0.1) is 12.8 Å². The van der Waals surface area contributed by atoms with Crippen LogP contribution in [-0.4, -0.2) is 32.5 Å². The molecule has 0 spiro atoms. The second-order valence-electron chi connectivity index (χ2n) is 4.60. The van der Waals surface area contributed by atoms with E-state index in [0.29, 0.717) is 5.75 Å². The number of anilines is 1. The maximum absolute atomic E-state index is 9.53. The van der Waals surface area contributed by atoms with Crippen LogP contribution in [0.2, 0.25) is 0 Å². The Kier molecular flexibility index (Phi) is 4.25. The summed E-state index contributed by atoms with van der Waals surface area (Å²) < 4.78 is 5.06. The highest BCUT2D eigenvalue weighted by atomic mass is 16.5. The minimum atomic E-state index is 0.125. The lowest BCUT2D eigenvalue weighted by Gasteiger charge is -2.11. The molecule has 20 heavy (non-hydrogen) atoms. The highest BCUT2D eigenvalue weighted by Gasteiger charge is 2.01. The van der Waals surface area contributed by atoms with Gasteiger partial charge in [-0.15, -0.1) is 0 Å². The zero-order chi connectivity index (χ0) is 14.5. The topological polar surface area (TPSA) is 45.1 Å². The number of hydrogen-bond acceptors (Lipinski definition) is 4. The normalized spacial score (nSPS) is 10.8. The van der Waals surface area contributed by atoms with Crippen LogP contribution in [0.3, 0.4) is 0 Å². The highest BCUT2D eigenvalue weighted by Crippen LogP contribution is 2.26. The number of hydrogen-bond donors (Lipinski definition) is 1. The van der Waals surface area contributed by atoms with Crippen molar-refractivity contribution in [2.24, 2.45) is 4.99 Å². The molecule has 1 N–H and O–H groups in total. The molecule has 4 heteroatoms. The summed E-state index contributed by atoms with van der Waals surface area (Å²) in [7, 11) is 5.53. The molecule has 0 radical (unpaired) electrons. The van der Waals surface area contributed by atoms with E-state index < -0.39 is 0 Å². The highest BCUT2D eigenvalue weighted by molar-refractivity contribution is 5.83. The molecule has 2 aromatic rings. The fourth-order valence-corrected chi connectivity index (χ4v) is 1.76. The Bertz CT molecular complexity index is 604. The molecule has 2 rings (SSSR count). The van der Waals surface area contributed by atoms with Gasteiger partial charge in [0.25, 0.3) is 0 Å². The average molecular weight is 270 g/mol. The van der Waals surface area contributed by atoms with Crippen LogP contribution >= 0.6 is 0 Å². The molecule has 0 aliphatic carbocycles. The van der Waals surface area contributed by atoms with Gasteiger partial charge in [-0.25, -0.2) is 0 Å². The number of benzene rings is 2. The Hall–Kier alpha value is -2.49. The minimum Gasteiger partial charge on any atom is -0.504 e. The molecule has 0 fully saturated rings. The van der Waals surface area contributed by atoms with Gasteiger partial charge in [-0.05, 0) is 48.0 Å². The van der Waals surface area contributed by atoms with Crippen molar-refractivity contribution in [3.05, 3.63) is 48.0 Å². The summed E-state index contributed by atoms with van der Waals surface area (Å²) in [5.74, 6) is 0.567. The lowest BCUT2D eigenvalue weighted by Crippen LogP contribution is -2.07. The maximum Gasteiger partial charge on any atom is 0.161 e. The third-order valence-electron chi connectivity index (χ3n) is 2.93. The zero-order valence-corrected chi connectivity index (χ0v) is 11.9. The number of aromatic hydroxyl groups is 1. The summed E-state index contributed by atoms with van der Waals surface area (Å²) >= 11 is 0. The second-order valence-corrected chi connectivity index (χ2v) is 4.60. The first-order valence-electron chi connectivity index (χ1n) is 6.28. The number of aliphatic imine (C=N–C) groups is 1. The van der Waals surface area contributed by atoms with E-state index in [2.05, 4.69) is 4.99 Å². The van der Waals surface area contributed by atoms with Crippen molar-refractivity contribution >= 4 is 17.6 Å². The molecule has 0 aromatic heterocycles. The fraction of sp³-hybridized carbons (Fsp3) is 0.188. The SMILES string of the molecule is COc1cc(C=Nc2ccc(N(C)C)cc2)ccc1O. The summed E-state index contributed by atoms with van der Waals surface area (Å²) in [5.41, 5.74) is 2.88. The van der Waals surface area contributed by atoms with Gasteiger partial charge in [0.2, 0.25) is 0 Å². The van der Waals surface area contributed by atoms with E-state index in [1.807, 2.05) is 43.3 Å². The van der Waals surface area contributed by atoms with Crippen molar-refractivity contribution in [2.75, 3.05) is 26.1 Å². The van der Waals surface area contributed by atoms with Crippen molar-refractivity contribution < 1.29 is 9.84 Å². The molecule has 104 valence electrons. The molecule has 0 saturated heterocycles. The molecular weight excluding hydrogens is 252 g/mol. The first-order chi connectivity index (χ1) is 9.60. The van der Waals surface area contributed by atoms with Crippen LogP contribution in [0.4, 0.5) is 11.4 Å². The number of ether oxygens (including phenoxy) is 1. The molecule has 4 nitrogen and oxygen atoms in total. The summed E-state index contributed by atoms with van der Waals surface area (Å²) in [5, 5.41) is 9.53. The molecule has 0 saturated carbocycles. The number of rotatable bonds is 4. The zero-order valence-electron chi connectivity index (χ0n) is 11.9. The standard InChI is InChI=1S/C16H18N2O2/c1-18(2)14-7-5-13(6-8-14)17-11-12-4-9-15(19)16(10-12)20-3/h4-11,19H,1-3H3. The second kappa shape index (κ2) is 6.10. The van der Waals surface area contributed by atoms with Crippen LogP contribution < -0.4 is 9.64 Å². The van der Waals surface area contributed by atoms with Crippen LogP contribution in [0.1, 0.15) is 5.56 Å². The van der Waals surface area contributed by atoms with Gasteiger partial charge >= 0.3 is 0 Å². The first kappa shape index (κ1) is 13.9. The van der Waals surface area contributed by atoms with Crippen molar-refractivity contribution in [3.8, 4) is 11.5 Å². The van der Waals surface area contributed by atoms with Crippen LogP contribution in [-0.2, 0) is 0 Å². The van der Waals surface area contributed by atoms with Crippen molar-refractivity contribution in [3.63, 3.8) is 0 Å². The monoisotopic (exact) mass is 270 g/mol. The lowest BCUT2D eigenvalue weighted by atomic mass is 10.2. The largest absolute Gasteiger partial charge is 0.504 e. The number of phenolic OH excluding ortho intramolecular Hbond substituents is 1. The van der Waals surface area contributed by atoms with Gasteiger partial charge in [-0.1, -0.05) is 0 Å². The van der Waals surface area contributed by atoms with E-state index in [1.54, 1.807) is 24.4 Å². The van der Waals surface area contributed by atoms with Gasteiger partial charge in [-0.3, -0.25) is 4.99 Å². The Morgan fingerprint density at radius 2 is 1.80 bits per heavy atom. The smallest absolute Gasteiger partial charge is 0.161 e. The minimum absolute atomic E-state index is 0.125. The third kappa shape index (κ3) is 3.29. The number of phenols is 1. The molecule has 0 bridgehead atoms. The molecule has 0 unspecified atom stereocenters. The summed E-state index contributed by atoms with van der Waals surface area (Å²) in [4.78, 5) is 6.44. The van der Waals surface area contributed by atoms with Crippen LogP contribution in [0.15, 0.2) is 47.5 Å². The predicted molar refractivity (Wildman–Crippen MR) is 82.7 cm³/mol. The van der Waals surface area contributed by atoms with E-state index in [0.717, 1.165) is 16.9 Å². The molecular formula is C16H18N2O2. The lowest BCUT2D eigenvalue weighted by molar-refractivity contribution is 0.373. The van der Waals surface area contributed by atoms with Crippen LogP contribution in [0.5, 0.6) is 11.5 Å². The third-order valence-corrected chi connectivity index (χ3v) is 2.93. The summed E-state index contributed by atoms with van der Waals surface area (Å²) in [6.07, 6.45) is 1.74. The van der Waals surface area contributed by atoms with Gasteiger partial charge in [0.1, 0.15) is 0 Å². The van der Waals surface area contributed by atoms with Gasteiger partial charge in [-0.2, -0.15) is 0 Å². The number of nitrogens with zero attached hydrogens (tertiary/aromatic N) is 2. The molecule has 0 aliphatic heterocycles. The first-order valence-corrected chi connectivity index (χ1v) is 6.28. The molecule has 0 amide bonds. The molecule has 2 aromatic carbocycles. The van der Waals surface area contributed by atoms with Gasteiger partial charge < -0.3 is 14.7 Å². The average Bonchev–Trinajstić information content (AvgIpc) is 2.46. The van der Waals surface area contributed by atoms with E-state index in [9.17, 15) is 5.11 Å². The fourth-order valence-electron chi connectivity index (χ4n) is 1.76. The molecule has 0 atom stereocenters. The number of methoxy groups -OCH3 is 1. The molecule has 0 aliphatic rings. The van der Waals surface area contributed by atoms with Crippen LogP contribution in [0, 0.1) is 0 Å². The van der Waals surface area contributed by atoms with Crippen molar-refractivity contribution in [1.29, 1.82) is 0 Å². The van der Waals surface area contributed by atoms with Crippen molar-refractivity contribution in [1.82, 2.24) is 0 Å². The van der Waals surface area contributed by atoms with E-state index >= 15 is 0 Å². The van der Waals surface area contributed by atoms with E-state index in [-0.39, 0.29) is 5.75 Å². The predicted octanol–water partition coefficient (Wildman–Crippen LogP) is 3.22. The van der Waals surface area contributed by atoms with E-state index in [1.165, 1.54) is 7.11 Å². The quantitative estimate of drug-likeness (QED) is 0.868. The van der Waals surface area contributed by atoms with Gasteiger partial charge in [0.15, 0.2) is 11.5 Å².